The van der Waals surface area contributed by atoms with E-state index in [2.05, 4.69) is 145 Å². The molecular formula is C50H43N. The Bertz CT molecular complexity index is 2480. The number of hydrogen-bond donors (Lipinski definition) is 0. The Hall–Kier alpha value is -5.14. The van der Waals surface area contributed by atoms with Gasteiger partial charge in [0.25, 0.3) is 0 Å². The zero-order valence-electron chi connectivity index (χ0n) is 29.2. The summed E-state index contributed by atoms with van der Waals surface area (Å²) in [5, 5.41) is 2.62. The predicted octanol–water partition coefficient (Wildman–Crippen LogP) is 12.6. The van der Waals surface area contributed by atoms with Crippen molar-refractivity contribution in [2.45, 2.75) is 62.2 Å². The van der Waals surface area contributed by atoms with Gasteiger partial charge in [-0.1, -0.05) is 110 Å². The molecule has 248 valence electrons. The van der Waals surface area contributed by atoms with Gasteiger partial charge >= 0.3 is 0 Å². The first kappa shape index (κ1) is 29.6. The van der Waals surface area contributed by atoms with Crippen LogP contribution in [0.1, 0.15) is 66.3 Å². The third kappa shape index (κ3) is 4.53. The molecule has 6 aromatic carbocycles. The highest BCUT2D eigenvalue weighted by atomic mass is 15.0. The van der Waals surface area contributed by atoms with Crippen LogP contribution in [0.4, 0.5) is 0 Å². The first-order valence-electron chi connectivity index (χ1n) is 19.2. The second-order valence-corrected chi connectivity index (χ2v) is 16.5. The van der Waals surface area contributed by atoms with E-state index < -0.39 is 0 Å². The summed E-state index contributed by atoms with van der Waals surface area (Å²) in [5.74, 6) is 1.68. The van der Waals surface area contributed by atoms with Crippen molar-refractivity contribution in [3.05, 3.63) is 168 Å². The molecule has 0 N–H and O–H groups in total. The molecule has 0 amide bonds. The molecule has 0 saturated heterocycles. The van der Waals surface area contributed by atoms with Crippen molar-refractivity contribution in [3.8, 4) is 27.9 Å². The van der Waals surface area contributed by atoms with Crippen molar-refractivity contribution >= 4 is 27.9 Å². The van der Waals surface area contributed by atoms with E-state index in [4.69, 9.17) is 0 Å². The molecule has 7 aromatic rings. The third-order valence-electron chi connectivity index (χ3n) is 13.6. The molecule has 1 heteroatoms. The fourth-order valence-electron chi connectivity index (χ4n) is 11.5. The van der Waals surface area contributed by atoms with Crippen LogP contribution in [-0.2, 0) is 23.7 Å². The lowest BCUT2D eigenvalue weighted by Crippen LogP contribution is -2.55. The number of nitrogens with zero attached hydrogens (tertiary/aromatic N) is 1. The van der Waals surface area contributed by atoms with Crippen LogP contribution >= 0.6 is 0 Å². The molecule has 4 fully saturated rings. The lowest BCUT2D eigenvalue weighted by Gasteiger charge is -2.63. The van der Waals surface area contributed by atoms with Crippen molar-refractivity contribution in [2.24, 2.45) is 11.8 Å². The molecule has 5 aliphatic carbocycles. The maximum Gasteiger partial charge on any atom is 0.0541 e. The van der Waals surface area contributed by atoms with Crippen LogP contribution in [0.25, 0.3) is 55.8 Å². The van der Waals surface area contributed by atoms with Crippen molar-refractivity contribution in [1.82, 2.24) is 4.57 Å². The standard InChI is InChI=1S/C50H43N/c1-2-33-8-18-42(19-9-33)49-28-34-24-35(29-49)31-50(30-34,32-49)43-20-14-37(15-21-43)40-16-22-47-45(26-40)46-27-41(39-13-11-36-10-12-38(36)25-39)17-23-48(46)51(47)44-6-4-3-5-7-44/h2-9,11,13-23,25-27,34-35H,1,10,12,24,28-32H2. The number of benzene rings is 6. The van der Waals surface area contributed by atoms with Crippen LogP contribution in [0.15, 0.2) is 140 Å². The minimum atomic E-state index is 0.293. The van der Waals surface area contributed by atoms with Gasteiger partial charge < -0.3 is 4.57 Å². The predicted molar refractivity (Wildman–Crippen MR) is 214 cm³/mol. The van der Waals surface area contributed by atoms with Crippen LogP contribution < -0.4 is 0 Å². The Morgan fingerprint density at radius 3 is 1.63 bits per heavy atom. The Labute approximate surface area is 301 Å². The molecule has 2 atom stereocenters. The van der Waals surface area contributed by atoms with Crippen molar-refractivity contribution in [1.29, 1.82) is 0 Å². The van der Waals surface area contributed by atoms with Gasteiger partial charge in [-0.25, -0.2) is 0 Å². The van der Waals surface area contributed by atoms with E-state index in [9.17, 15) is 0 Å². The van der Waals surface area contributed by atoms with Crippen molar-refractivity contribution in [2.75, 3.05) is 0 Å². The SMILES string of the molecule is C=Cc1ccc(C23CC4CC(C2)CC(c2ccc(-c5ccc6c(c5)c5cc(-c7ccc8c(c7)CC8)ccc5n6-c5ccccc5)cc2)(C4)C3)cc1. The summed E-state index contributed by atoms with van der Waals surface area (Å²) in [6.45, 7) is 3.99. The first-order valence-corrected chi connectivity index (χ1v) is 19.2. The van der Waals surface area contributed by atoms with Gasteiger partial charge in [0.2, 0.25) is 0 Å². The van der Waals surface area contributed by atoms with E-state index in [1.165, 1.54) is 118 Å². The Balaban J connectivity index is 0.985. The monoisotopic (exact) mass is 657 g/mol. The number of hydrogen-bond acceptors (Lipinski definition) is 0. The molecule has 0 radical (unpaired) electrons. The molecule has 2 unspecified atom stereocenters. The molecule has 1 aromatic heterocycles. The van der Waals surface area contributed by atoms with Crippen LogP contribution in [0.2, 0.25) is 0 Å². The zero-order valence-corrected chi connectivity index (χ0v) is 29.2. The second kappa shape index (κ2) is 10.9. The minimum Gasteiger partial charge on any atom is -0.309 e. The summed E-state index contributed by atoms with van der Waals surface area (Å²) >= 11 is 0. The lowest BCUT2D eigenvalue weighted by molar-refractivity contribution is -0.0281. The van der Waals surface area contributed by atoms with E-state index in [1.54, 1.807) is 11.1 Å². The molecule has 4 saturated carbocycles. The van der Waals surface area contributed by atoms with Gasteiger partial charge in [0.05, 0.1) is 11.0 Å². The van der Waals surface area contributed by atoms with Gasteiger partial charge in [-0.05, 0) is 161 Å². The summed E-state index contributed by atoms with van der Waals surface area (Å²) in [6.07, 6.45) is 12.5. The summed E-state index contributed by atoms with van der Waals surface area (Å²) in [5.41, 5.74) is 16.9. The minimum absolute atomic E-state index is 0.293. The van der Waals surface area contributed by atoms with E-state index in [0.29, 0.717) is 10.8 Å². The van der Waals surface area contributed by atoms with Crippen molar-refractivity contribution < 1.29 is 0 Å². The van der Waals surface area contributed by atoms with Crippen LogP contribution in [0, 0.1) is 11.8 Å². The van der Waals surface area contributed by atoms with E-state index in [1.807, 2.05) is 6.08 Å². The van der Waals surface area contributed by atoms with Gasteiger partial charge in [-0.15, -0.1) is 0 Å². The number of aromatic nitrogens is 1. The second-order valence-electron chi connectivity index (χ2n) is 16.5. The number of aryl methyl sites for hydroxylation is 2. The van der Waals surface area contributed by atoms with E-state index in [0.717, 1.165) is 11.8 Å². The van der Waals surface area contributed by atoms with Gasteiger partial charge in [-0.3, -0.25) is 0 Å². The van der Waals surface area contributed by atoms with E-state index >= 15 is 0 Å². The quantitative estimate of drug-likeness (QED) is 0.168. The highest BCUT2D eigenvalue weighted by Gasteiger charge is 2.58. The fraction of sp³-hybridized carbons (Fsp3) is 0.240. The smallest absolute Gasteiger partial charge is 0.0541 e. The molecule has 12 rings (SSSR count). The average molecular weight is 658 g/mol. The Kier molecular flexibility index (Phi) is 6.34. The summed E-state index contributed by atoms with van der Waals surface area (Å²) in [6, 6.07) is 51.3. The largest absolute Gasteiger partial charge is 0.309 e. The lowest BCUT2D eigenvalue weighted by atomic mass is 9.41. The van der Waals surface area contributed by atoms with Gasteiger partial charge in [-0.2, -0.15) is 0 Å². The number of para-hydroxylation sites is 1. The van der Waals surface area contributed by atoms with Crippen molar-refractivity contribution in [3.63, 3.8) is 0 Å². The summed E-state index contributed by atoms with van der Waals surface area (Å²) in [4.78, 5) is 0. The fourth-order valence-corrected chi connectivity index (χ4v) is 11.5. The molecule has 1 heterocycles. The number of rotatable bonds is 6. The van der Waals surface area contributed by atoms with Gasteiger partial charge in [0.15, 0.2) is 0 Å². The maximum atomic E-state index is 3.99. The molecule has 4 bridgehead atoms. The third-order valence-corrected chi connectivity index (χ3v) is 13.6. The van der Waals surface area contributed by atoms with Crippen LogP contribution in [0.3, 0.4) is 0 Å². The maximum absolute atomic E-state index is 3.99. The molecule has 0 aliphatic heterocycles. The highest BCUT2D eigenvalue weighted by molar-refractivity contribution is 6.11. The van der Waals surface area contributed by atoms with Gasteiger partial charge in [0.1, 0.15) is 0 Å². The Morgan fingerprint density at radius 2 is 1.06 bits per heavy atom. The van der Waals surface area contributed by atoms with E-state index in [-0.39, 0.29) is 0 Å². The topological polar surface area (TPSA) is 4.93 Å². The normalized spacial score (nSPS) is 24.5. The Morgan fingerprint density at radius 1 is 0.529 bits per heavy atom. The van der Waals surface area contributed by atoms with Crippen LogP contribution in [0.5, 0.6) is 0 Å². The molecule has 5 aliphatic rings. The summed E-state index contributed by atoms with van der Waals surface area (Å²) < 4.78 is 2.44. The first-order chi connectivity index (χ1) is 25.1. The molecule has 1 nitrogen and oxygen atoms in total. The average Bonchev–Trinajstić information content (AvgIpc) is 3.48. The molecule has 0 spiro atoms. The van der Waals surface area contributed by atoms with Gasteiger partial charge in [0, 0.05) is 16.5 Å². The zero-order chi connectivity index (χ0) is 33.7. The molecular weight excluding hydrogens is 615 g/mol. The molecule has 51 heavy (non-hydrogen) atoms. The summed E-state index contributed by atoms with van der Waals surface area (Å²) in [7, 11) is 0. The number of fused-ring (bicyclic) bond motifs is 4. The highest BCUT2D eigenvalue weighted by Crippen LogP contribution is 2.66. The van der Waals surface area contributed by atoms with Crippen LogP contribution in [-0.4, -0.2) is 4.57 Å².